The third-order valence-corrected chi connectivity index (χ3v) is 4.48. The van der Waals surface area contributed by atoms with Crippen LogP contribution in [0.1, 0.15) is 36.8 Å². The number of hydrogen-bond donors (Lipinski definition) is 1. The van der Waals surface area contributed by atoms with Crippen molar-refractivity contribution in [2.75, 3.05) is 0 Å². The summed E-state index contributed by atoms with van der Waals surface area (Å²) < 4.78 is 46.1. The van der Waals surface area contributed by atoms with Crippen molar-refractivity contribution in [2.24, 2.45) is 0 Å². The van der Waals surface area contributed by atoms with Crippen LogP contribution in [0.4, 0.5) is 13.2 Å². The van der Waals surface area contributed by atoms with Crippen LogP contribution in [0, 0.1) is 0 Å². The summed E-state index contributed by atoms with van der Waals surface area (Å²) in [5.41, 5.74) is -0.0917. The number of furan rings is 1. The molecule has 0 spiro atoms. The average Bonchev–Trinajstić information content (AvgIpc) is 3.27. The van der Waals surface area contributed by atoms with Gasteiger partial charge in [0.05, 0.1) is 11.8 Å². The third kappa shape index (κ3) is 3.97. The monoisotopic (exact) mass is 427 g/mol. The second kappa shape index (κ2) is 7.60. The maximum Gasteiger partial charge on any atom is 0.573 e. The van der Waals surface area contributed by atoms with E-state index < -0.39 is 29.6 Å². The fourth-order valence-electron chi connectivity index (χ4n) is 3.18. The Kier molecular flexibility index (Phi) is 4.94. The van der Waals surface area contributed by atoms with Crippen LogP contribution in [-0.2, 0) is 0 Å². The van der Waals surface area contributed by atoms with E-state index in [1.54, 1.807) is 12.1 Å². The Morgan fingerprint density at radius 2 is 1.52 bits per heavy atom. The number of ketones is 2. The van der Waals surface area contributed by atoms with Crippen LogP contribution in [-0.4, -0.2) is 23.8 Å². The molecule has 0 saturated heterocycles. The Morgan fingerprint density at radius 3 is 2.10 bits per heavy atom. The Hall–Kier alpha value is -4.14. The predicted molar refractivity (Wildman–Crippen MR) is 101 cm³/mol. The van der Waals surface area contributed by atoms with Crippen LogP contribution in [0.3, 0.4) is 0 Å². The molecule has 31 heavy (non-hydrogen) atoms. The van der Waals surface area contributed by atoms with E-state index in [9.17, 15) is 27.6 Å². The first-order valence-electron chi connectivity index (χ1n) is 8.88. The fraction of sp³-hybridized carbons (Fsp3) is 0.0455. The predicted octanol–water partition coefficient (Wildman–Crippen LogP) is 4.40. The Labute approximate surface area is 172 Å². The molecule has 3 aromatic rings. The zero-order valence-corrected chi connectivity index (χ0v) is 15.5. The Morgan fingerprint density at radius 1 is 0.871 bits per heavy atom. The SMILES string of the molecule is O=C(NC1=C(c2ccc(OC(F)(F)F)cc2)C(=O)c2ccccc2C1=O)c1ccco1. The van der Waals surface area contributed by atoms with E-state index in [1.165, 1.54) is 42.7 Å². The van der Waals surface area contributed by atoms with E-state index in [1.807, 2.05) is 0 Å². The van der Waals surface area contributed by atoms with Crippen molar-refractivity contribution in [1.82, 2.24) is 5.32 Å². The van der Waals surface area contributed by atoms with E-state index in [0.29, 0.717) is 0 Å². The topological polar surface area (TPSA) is 85.6 Å². The molecule has 0 bridgehead atoms. The van der Waals surface area contributed by atoms with Gasteiger partial charge in [-0.05, 0) is 29.8 Å². The molecule has 0 unspecified atom stereocenters. The molecule has 2 aromatic carbocycles. The lowest BCUT2D eigenvalue weighted by atomic mass is 9.84. The normalized spacial score (nSPS) is 13.8. The molecular weight excluding hydrogens is 415 g/mol. The van der Waals surface area contributed by atoms with Crippen molar-refractivity contribution >= 4 is 23.0 Å². The molecule has 1 heterocycles. The van der Waals surface area contributed by atoms with Gasteiger partial charge in [-0.2, -0.15) is 0 Å². The van der Waals surface area contributed by atoms with E-state index in [-0.39, 0.29) is 33.7 Å². The van der Waals surface area contributed by atoms with Crippen LogP contribution < -0.4 is 10.1 Å². The molecule has 0 saturated carbocycles. The van der Waals surface area contributed by atoms with Gasteiger partial charge in [-0.25, -0.2) is 0 Å². The van der Waals surface area contributed by atoms with Gasteiger partial charge in [0, 0.05) is 11.1 Å². The lowest BCUT2D eigenvalue weighted by Gasteiger charge is -2.21. The van der Waals surface area contributed by atoms with Gasteiger partial charge in [0.2, 0.25) is 5.78 Å². The van der Waals surface area contributed by atoms with Crippen molar-refractivity contribution in [2.45, 2.75) is 6.36 Å². The van der Waals surface area contributed by atoms with Crippen molar-refractivity contribution in [3.63, 3.8) is 0 Å². The second-order valence-corrected chi connectivity index (χ2v) is 6.46. The molecule has 1 aromatic heterocycles. The van der Waals surface area contributed by atoms with Gasteiger partial charge in [-0.15, -0.1) is 13.2 Å². The molecule has 0 atom stereocenters. The van der Waals surface area contributed by atoms with E-state index in [0.717, 1.165) is 12.1 Å². The molecule has 0 aliphatic heterocycles. The van der Waals surface area contributed by atoms with Crippen LogP contribution in [0.2, 0.25) is 0 Å². The molecule has 0 radical (unpaired) electrons. The highest BCUT2D eigenvalue weighted by Gasteiger charge is 2.35. The van der Waals surface area contributed by atoms with Crippen LogP contribution >= 0.6 is 0 Å². The third-order valence-electron chi connectivity index (χ3n) is 4.48. The quantitative estimate of drug-likeness (QED) is 0.667. The van der Waals surface area contributed by atoms with Gasteiger partial charge >= 0.3 is 6.36 Å². The molecule has 6 nitrogen and oxygen atoms in total. The number of fused-ring (bicyclic) bond motifs is 1. The number of halogens is 3. The fourth-order valence-corrected chi connectivity index (χ4v) is 3.18. The zero-order chi connectivity index (χ0) is 22.2. The minimum atomic E-state index is -4.88. The first-order chi connectivity index (χ1) is 14.7. The van der Waals surface area contributed by atoms with Crippen LogP contribution in [0.15, 0.2) is 77.0 Å². The molecular formula is C22H12F3NO5. The highest BCUT2D eigenvalue weighted by Crippen LogP contribution is 2.33. The molecule has 1 amide bonds. The van der Waals surface area contributed by atoms with E-state index in [2.05, 4.69) is 10.1 Å². The molecule has 156 valence electrons. The summed E-state index contributed by atoms with van der Waals surface area (Å²) in [6, 6.07) is 13.4. The number of nitrogens with one attached hydrogen (secondary N) is 1. The van der Waals surface area contributed by atoms with Crippen LogP contribution in [0.5, 0.6) is 5.75 Å². The van der Waals surface area contributed by atoms with Gasteiger partial charge in [0.15, 0.2) is 11.5 Å². The Bertz CT molecular complexity index is 1210. The Balaban J connectivity index is 1.80. The number of carbonyl (C=O) groups is 3. The number of rotatable bonds is 4. The number of amides is 1. The van der Waals surface area contributed by atoms with Crippen molar-refractivity contribution in [3.05, 3.63) is 95.1 Å². The maximum atomic E-state index is 13.2. The smallest absolute Gasteiger partial charge is 0.459 e. The number of benzene rings is 2. The largest absolute Gasteiger partial charge is 0.573 e. The van der Waals surface area contributed by atoms with Gasteiger partial charge < -0.3 is 14.5 Å². The summed E-state index contributed by atoms with van der Waals surface area (Å²) in [6.45, 7) is 0. The van der Waals surface area contributed by atoms with Gasteiger partial charge in [0.25, 0.3) is 5.91 Å². The molecule has 1 aliphatic rings. The highest BCUT2D eigenvalue weighted by molar-refractivity contribution is 6.41. The van der Waals surface area contributed by atoms with Crippen LogP contribution in [0.25, 0.3) is 5.57 Å². The van der Waals surface area contributed by atoms with Crippen molar-refractivity contribution in [1.29, 1.82) is 0 Å². The summed E-state index contributed by atoms with van der Waals surface area (Å²) in [6.07, 6.45) is -3.61. The van der Waals surface area contributed by atoms with E-state index in [4.69, 9.17) is 4.42 Å². The van der Waals surface area contributed by atoms with Crippen molar-refractivity contribution in [3.8, 4) is 5.75 Å². The van der Waals surface area contributed by atoms with Gasteiger partial charge in [-0.1, -0.05) is 36.4 Å². The van der Waals surface area contributed by atoms with Gasteiger partial charge in [-0.3, -0.25) is 14.4 Å². The molecule has 4 rings (SSSR count). The number of ether oxygens (including phenoxy) is 1. The number of allylic oxidation sites excluding steroid dienone is 2. The molecule has 9 heteroatoms. The lowest BCUT2D eigenvalue weighted by molar-refractivity contribution is -0.274. The number of hydrogen-bond acceptors (Lipinski definition) is 5. The minimum Gasteiger partial charge on any atom is -0.459 e. The average molecular weight is 427 g/mol. The molecule has 0 fully saturated rings. The maximum absolute atomic E-state index is 13.2. The number of carbonyl (C=O) groups excluding carboxylic acids is 3. The van der Waals surface area contributed by atoms with Gasteiger partial charge in [0.1, 0.15) is 11.4 Å². The van der Waals surface area contributed by atoms with E-state index >= 15 is 0 Å². The summed E-state index contributed by atoms with van der Waals surface area (Å²) >= 11 is 0. The second-order valence-electron chi connectivity index (χ2n) is 6.46. The first-order valence-corrected chi connectivity index (χ1v) is 8.88. The molecule has 1 N–H and O–H groups in total. The summed E-state index contributed by atoms with van der Waals surface area (Å²) in [5, 5.41) is 2.41. The molecule has 1 aliphatic carbocycles. The standard InChI is InChI=1S/C22H12F3NO5/c23-22(24,25)31-13-9-7-12(8-10-13)17-18(26-21(29)16-6-3-11-30-16)20(28)15-5-2-1-4-14(15)19(17)27/h1-11H,(H,26,29). The number of Topliss-reactive ketones (excluding diaryl/α,β-unsaturated/α-hetero) is 2. The summed E-state index contributed by atoms with van der Waals surface area (Å²) in [7, 11) is 0. The number of alkyl halides is 3. The highest BCUT2D eigenvalue weighted by atomic mass is 19.4. The minimum absolute atomic E-state index is 0.0834. The lowest BCUT2D eigenvalue weighted by Crippen LogP contribution is -2.33. The van der Waals surface area contributed by atoms with Crippen molar-refractivity contribution < 1.29 is 36.7 Å². The zero-order valence-electron chi connectivity index (χ0n) is 15.5. The summed E-state index contributed by atoms with van der Waals surface area (Å²) in [4.78, 5) is 38.7. The first kappa shape index (κ1) is 20.1. The summed E-state index contributed by atoms with van der Waals surface area (Å²) in [5.74, 6) is -2.50.